The first-order chi connectivity index (χ1) is 38.0. The minimum atomic E-state index is -0.288. The first-order valence-corrected chi connectivity index (χ1v) is 30.2. The molecule has 0 saturated carbocycles. The Bertz CT molecular complexity index is 2010. The van der Waals surface area contributed by atoms with Crippen molar-refractivity contribution in [3.05, 3.63) is 33.6 Å². The monoisotopic (exact) mass is 1160 g/mol. The average Bonchev–Trinajstić information content (AvgIpc) is 4.24. The summed E-state index contributed by atoms with van der Waals surface area (Å²) in [6, 6.07) is 0. The topological polar surface area (TPSA) is 204 Å². The number of aromatic nitrogens is 2. The molecule has 0 aromatic carbocycles. The molecule has 20 nitrogen and oxygen atoms in total. The van der Waals surface area contributed by atoms with Crippen molar-refractivity contribution in [3.63, 3.8) is 0 Å². The highest BCUT2D eigenvalue weighted by atomic mass is 16.5. The van der Waals surface area contributed by atoms with E-state index in [4.69, 9.17) is 23.7 Å². The lowest BCUT2D eigenvalue weighted by Crippen LogP contribution is -2.38. The second-order valence-electron chi connectivity index (χ2n) is 23.4. The number of imidazole rings is 1. The molecule has 5 rings (SSSR count). The number of likely N-dealkylation sites (tertiary alicyclic amines) is 4. The van der Waals surface area contributed by atoms with Gasteiger partial charge in [-0.15, -0.1) is 0 Å². The van der Waals surface area contributed by atoms with Crippen LogP contribution < -0.4 is 4.57 Å². The lowest BCUT2D eigenvalue weighted by Gasteiger charge is -2.25. The van der Waals surface area contributed by atoms with E-state index < -0.39 is 0 Å². The SMILES string of the molecule is CCCCOC(=O)C1CC(=O)N(CCC[N+](C)(C)C)C1.CCCCOC(=O)C1CC(=O)N(CCCn2cc[n+](C)c2)C1.CCOC(=O)C1CC(=O)N(CCCCCCC(C)C)C1.CCOC(=O)C1CC(=O)N(CCCOC(C)C)C1.[CH3-].[CH3-]. The Kier molecular flexibility index (Phi) is 40.0. The molecule has 0 aliphatic carbocycles. The summed E-state index contributed by atoms with van der Waals surface area (Å²) in [4.78, 5) is 101. The summed E-state index contributed by atoms with van der Waals surface area (Å²) in [7, 11) is 8.40. The standard InChI is InChI=1S/C16H26N3O3.C16H29NO3.C15H29N2O3.C13H23NO4.2CH3/c1-3-4-10-22-16(21)14-11-15(20)19(12-14)7-5-6-18-9-8-17(2)13-18;1-4-20-16(19)14-11-15(18)17(12-14)10-8-6-5-7-9-13(2)3;1-5-6-10-20-15(19)13-11-14(18)16(12-13)8-7-9-17(2,3)4;1-4-17-13(16)11-8-12(15)14(9-11)6-5-7-18-10(2)3;;/h8-9,13-14H,3-7,10-12H2,1-2H3;13-14H,4-12H2,1-3H3;13H,5-12H2,1-4H3;10-11H,4-9H2,1-3H3;2*1H3/q+1;;+1;;2*-1. The number of hydrogen-bond donors (Lipinski definition) is 0. The average molecular weight is 1160 g/mol. The maximum atomic E-state index is 12.0. The van der Waals surface area contributed by atoms with Gasteiger partial charge in [-0.3, -0.25) is 38.4 Å². The molecule has 5 heterocycles. The van der Waals surface area contributed by atoms with Crippen molar-refractivity contribution in [1.29, 1.82) is 0 Å². The van der Waals surface area contributed by atoms with E-state index in [-0.39, 0.29) is 98.6 Å². The molecule has 4 atom stereocenters. The fraction of sp³-hybridized carbons (Fsp3) is 0.790. The quantitative estimate of drug-likeness (QED) is 0.0174. The second kappa shape index (κ2) is 42.7. The van der Waals surface area contributed by atoms with E-state index >= 15 is 0 Å². The third kappa shape index (κ3) is 32.1. The minimum Gasteiger partial charge on any atom is -0.466 e. The molecule has 0 spiro atoms. The van der Waals surface area contributed by atoms with Crippen LogP contribution in [0.25, 0.3) is 0 Å². The van der Waals surface area contributed by atoms with Crippen LogP contribution in [-0.4, -0.2) is 195 Å². The van der Waals surface area contributed by atoms with E-state index in [0.717, 1.165) is 87.9 Å². The van der Waals surface area contributed by atoms with E-state index in [2.05, 4.69) is 53.4 Å². The van der Waals surface area contributed by atoms with Gasteiger partial charge in [0.1, 0.15) is 12.4 Å². The Balaban J connectivity index is 0.00000106. The van der Waals surface area contributed by atoms with Crippen molar-refractivity contribution in [1.82, 2.24) is 24.2 Å². The molecule has 0 N–H and O–H groups in total. The Hall–Kier alpha value is -5.11. The molecular formula is C62H113N7O13. The zero-order valence-corrected chi connectivity index (χ0v) is 53.6. The second-order valence-corrected chi connectivity index (χ2v) is 23.4. The number of quaternary nitrogens is 1. The maximum absolute atomic E-state index is 12.0. The van der Waals surface area contributed by atoms with Crippen LogP contribution in [-0.2, 0) is 75.6 Å². The summed E-state index contributed by atoms with van der Waals surface area (Å²) < 4.78 is 30.7. The molecule has 4 fully saturated rings. The van der Waals surface area contributed by atoms with Crippen molar-refractivity contribution >= 4 is 47.5 Å². The first-order valence-electron chi connectivity index (χ1n) is 30.2. The number of nitrogens with zero attached hydrogens (tertiary/aromatic N) is 7. The molecule has 1 aromatic rings. The largest absolute Gasteiger partial charge is 0.466 e. The molecule has 4 saturated heterocycles. The van der Waals surface area contributed by atoms with Gasteiger partial charge in [-0.1, -0.05) is 66.2 Å². The molecule has 0 bridgehead atoms. The molecule has 20 heteroatoms. The van der Waals surface area contributed by atoms with Gasteiger partial charge in [0, 0.05) is 97.5 Å². The normalized spacial score (nSPS) is 18.5. The summed E-state index contributed by atoms with van der Waals surface area (Å²) >= 11 is 0. The van der Waals surface area contributed by atoms with Crippen molar-refractivity contribution < 1.29 is 71.1 Å². The number of rotatable bonds is 32. The predicted octanol–water partition coefficient (Wildman–Crippen LogP) is 7.29. The lowest BCUT2D eigenvalue weighted by molar-refractivity contribution is -0.870. The van der Waals surface area contributed by atoms with Crippen molar-refractivity contribution in [2.45, 2.75) is 171 Å². The van der Waals surface area contributed by atoms with E-state index in [9.17, 15) is 38.4 Å². The third-order valence-corrected chi connectivity index (χ3v) is 14.2. The fourth-order valence-corrected chi connectivity index (χ4v) is 9.57. The van der Waals surface area contributed by atoms with Crippen LogP contribution >= 0.6 is 0 Å². The first kappa shape index (κ1) is 76.9. The molecule has 0 radical (unpaired) electrons. The number of carbonyl (C=O) groups excluding carboxylic acids is 8. The van der Waals surface area contributed by atoms with E-state index in [1.807, 2.05) is 49.1 Å². The van der Waals surface area contributed by atoms with Crippen molar-refractivity contribution in [2.24, 2.45) is 36.6 Å². The van der Waals surface area contributed by atoms with Crippen LogP contribution in [0.2, 0.25) is 0 Å². The van der Waals surface area contributed by atoms with Crippen molar-refractivity contribution in [3.8, 4) is 0 Å². The third-order valence-electron chi connectivity index (χ3n) is 14.2. The van der Waals surface area contributed by atoms with Gasteiger partial charge in [0.05, 0.1) is 97.5 Å². The number of esters is 4. The van der Waals surface area contributed by atoms with Gasteiger partial charge < -0.3 is 62.6 Å². The highest BCUT2D eigenvalue weighted by molar-refractivity contribution is 5.88. The van der Waals surface area contributed by atoms with Crippen LogP contribution in [0, 0.1) is 44.4 Å². The van der Waals surface area contributed by atoms with Gasteiger partial charge in [-0.2, -0.15) is 0 Å². The molecule has 4 amide bonds. The summed E-state index contributed by atoms with van der Waals surface area (Å²) in [6.45, 7) is 25.3. The van der Waals surface area contributed by atoms with Crippen LogP contribution in [0.3, 0.4) is 0 Å². The van der Waals surface area contributed by atoms with Crippen LogP contribution in [0.1, 0.15) is 158 Å². The predicted molar refractivity (Wildman–Crippen MR) is 318 cm³/mol. The van der Waals surface area contributed by atoms with Gasteiger partial charge in [0.2, 0.25) is 30.0 Å². The number of ether oxygens (including phenoxy) is 5. The number of aryl methyl sites for hydroxylation is 2. The minimum absolute atomic E-state index is 0. The van der Waals surface area contributed by atoms with E-state index in [0.29, 0.717) is 91.6 Å². The number of hydrogen-bond acceptors (Lipinski definition) is 13. The number of unbranched alkanes of at least 4 members (excludes halogenated alkanes) is 5. The molecule has 1 aromatic heterocycles. The van der Waals surface area contributed by atoms with Gasteiger partial charge in [-0.05, 0) is 59.3 Å². The van der Waals surface area contributed by atoms with Crippen LogP contribution in [0.15, 0.2) is 18.7 Å². The molecular weight excluding hydrogens is 1050 g/mol. The molecule has 474 valence electrons. The zero-order chi connectivity index (χ0) is 59.6. The highest BCUT2D eigenvalue weighted by Gasteiger charge is 2.38. The Morgan fingerprint density at radius 3 is 1.28 bits per heavy atom. The van der Waals surface area contributed by atoms with Gasteiger partial charge in [0.25, 0.3) is 0 Å². The summed E-state index contributed by atoms with van der Waals surface area (Å²) in [5, 5.41) is 0. The fourth-order valence-electron chi connectivity index (χ4n) is 9.57. The Labute approximate surface area is 495 Å². The maximum Gasteiger partial charge on any atom is 0.311 e. The smallest absolute Gasteiger partial charge is 0.311 e. The van der Waals surface area contributed by atoms with Gasteiger partial charge in [-0.25, -0.2) is 9.13 Å². The van der Waals surface area contributed by atoms with Gasteiger partial charge in [0.15, 0.2) is 0 Å². The van der Waals surface area contributed by atoms with E-state index in [1.165, 1.54) is 25.7 Å². The Morgan fingerprint density at radius 2 is 0.915 bits per heavy atom. The molecule has 4 aliphatic heterocycles. The summed E-state index contributed by atoms with van der Waals surface area (Å²) in [5.41, 5.74) is 0. The highest BCUT2D eigenvalue weighted by Crippen LogP contribution is 2.23. The summed E-state index contributed by atoms with van der Waals surface area (Å²) in [6.07, 6.45) is 19.9. The number of amides is 4. The Morgan fingerprint density at radius 1 is 0.524 bits per heavy atom. The van der Waals surface area contributed by atoms with Crippen molar-refractivity contribution in [2.75, 3.05) is 113 Å². The van der Waals surface area contributed by atoms with Crippen LogP contribution in [0.5, 0.6) is 0 Å². The molecule has 4 aliphatic rings. The zero-order valence-electron chi connectivity index (χ0n) is 53.6. The summed E-state index contributed by atoms with van der Waals surface area (Å²) in [5.74, 6) is -0.915. The molecule has 82 heavy (non-hydrogen) atoms. The molecule has 4 unspecified atom stereocenters. The van der Waals surface area contributed by atoms with Gasteiger partial charge >= 0.3 is 23.9 Å². The number of carbonyl (C=O) groups is 8. The van der Waals surface area contributed by atoms with E-state index in [1.54, 1.807) is 28.5 Å². The van der Waals surface area contributed by atoms with Crippen LogP contribution in [0.4, 0.5) is 0 Å². The lowest BCUT2D eigenvalue weighted by atomic mass is 10.0.